The first-order valence-electron chi connectivity index (χ1n) is 9.87. The minimum atomic E-state index is -0.0232. The quantitative estimate of drug-likeness (QED) is 0.432. The highest BCUT2D eigenvalue weighted by Crippen LogP contribution is 2.28. The lowest BCUT2D eigenvalue weighted by molar-refractivity contribution is -0.115. The predicted molar refractivity (Wildman–Crippen MR) is 119 cm³/mol. The number of hydrogen-bond acceptors (Lipinski definition) is 2. The molecule has 0 unspecified atom stereocenters. The molecule has 4 aromatic rings. The maximum atomic E-state index is 12.4. The second kappa shape index (κ2) is 7.59. The van der Waals surface area contributed by atoms with Crippen LogP contribution in [-0.4, -0.2) is 5.91 Å². The highest BCUT2D eigenvalue weighted by molar-refractivity contribution is 5.92. The number of carbonyl (C=O) groups excluding carboxylic acids is 1. The molecule has 0 fully saturated rings. The van der Waals surface area contributed by atoms with E-state index in [0.717, 1.165) is 33.5 Å². The van der Waals surface area contributed by atoms with Gasteiger partial charge in [-0.15, -0.1) is 0 Å². The Morgan fingerprint density at radius 2 is 1.59 bits per heavy atom. The zero-order valence-electron chi connectivity index (χ0n) is 17.0. The molecule has 3 heteroatoms. The first-order valence-corrected chi connectivity index (χ1v) is 9.87. The Balaban J connectivity index is 1.41. The summed E-state index contributed by atoms with van der Waals surface area (Å²) in [5.41, 5.74) is 5.02. The van der Waals surface area contributed by atoms with E-state index in [2.05, 4.69) is 38.2 Å². The number of anilines is 1. The highest BCUT2D eigenvalue weighted by Gasteiger charge is 2.13. The number of amides is 1. The summed E-state index contributed by atoms with van der Waals surface area (Å²) in [6.07, 6.45) is 0.357. The molecule has 0 spiro atoms. The number of furan rings is 1. The Bertz CT molecular complexity index is 1100. The summed E-state index contributed by atoms with van der Waals surface area (Å²) in [5, 5.41) is 4.05. The summed E-state index contributed by atoms with van der Waals surface area (Å²) >= 11 is 0. The van der Waals surface area contributed by atoms with Crippen LogP contribution in [0.3, 0.4) is 0 Å². The van der Waals surface area contributed by atoms with Crippen LogP contribution in [0.25, 0.3) is 22.3 Å². The van der Waals surface area contributed by atoms with Gasteiger partial charge in [0.15, 0.2) is 0 Å². The van der Waals surface area contributed by atoms with Crippen molar-refractivity contribution < 1.29 is 9.21 Å². The normalized spacial score (nSPS) is 11.6. The number of fused-ring (bicyclic) bond motifs is 1. The summed E-state index contributed by atoms with van der Waals surface area (Å²) < 4.78 is 5.90. The Morgan fingerprint density at radius 3 is 2.24 bits per heavy atom. The van der Waals surface area contributed by atoms with Crippen LogP contribution in [-0.2, 0) is 16.6 Å². The van der Waals surface area contributed by atoms with Crippen LogP contribution in [0.5, 0.6) is 0 Å². The van der Waals surface area contributed by atoms with Gasteiger partial charge in [-0.05, 0) is 52.9 Å². The second-order valence-corrected chi connectivity index (χ2v) is 8.40. The molecular formula is C26H25NO2. The van der Waals surface area contributed by atoms with Gasteiger partial charge in [0.25, 0.3) is 0 Å². The van der Waals surface area contributed by atoms with Gasteiger partial charge in [-0.25, -0.2) is 0 Å². The SMILES string of the molecule is CC(C)(C)c1ccc(CC(=O)Nc2ccc(-c3cc4ccccc4o3)cc2)cc1. The molecule has 0 bridgehead atoms. The van der Waals surface area contributed by atoms with Crippen molar-refractivity contribution in [3.63, 3.8) is 0 Å². The molecule has 146 valence electrons. The van der Waals surface area contributed by atoms with Gasteiger partial charge < -0.3 is 9.73 Å². The Kier molecular flexibility index (Phi) is 4.98. The van der Waals surface area contributed by atoms with E-state index < -0.39 is 0 Å². The third-order valence-electron chi connectivity index (χ3n) is 5.06. The first kappa shape index (κ1) is 19.0. The molecule has 1 amide bonds. The maximum Gasteiger partial charge on any atom is 0.228 e. The topological polar surface area (TPSA) is 42.2 Å². The number of nitrogens with one attached hydrogen (secondary N) is 1. The van der Waals surface area contributed by atoms with Gasteiger partial charge in [0.05, 0.1) is 6.42 Å². The monoisotopic (exact) mass is 383 g/mol. The average Bonchev–Trinajstić information content (AvgIpc) is 3.12. The Morgan fingerprint density at radius 1 is 0.897 bits per heavy atom. The molecule has 0 aliphatic rings. The molecule has 4 rings (SSSR count). The van der Waals surface area contributed by atoms with Crippen molar-refractivity contribution in [2.45, 2.75) is 32.6 Å². The van der Waals surface area contributed by atoms with Gasteiger partial charge in [-0.1, -0.05) is 63.2 Å². The Labute approximate surface area is 171 Å². The largest absolute Gasteiger partial charge is 0.456 e. The van der Waals surface area contributed by atoms with Crippen molar-refractivity contribution in [3.05, 3.63) is 90.0 Å². The fourth-order valence-corrected chi connectivity index (χ4v) is 3.36. The minimum Gasteiger partial charge on any atom is -0.456 e. The fraction of sp³-hybridized carbons (Fsp3) is 0.192. The molecule has 0 saturated carbocycles. The van der Waals surface area contributed by atoms with E-state index in [1.54, 1.807) is 0 Å². The summed E-state index contributed by atoms with van der Waals surface area (Å²) in [4.78, 5) is 12.4. The molecule has 0 radical (unpaired) electrons. The standard InChI is InChI=1S/C26H25NO2/c1-26(2,3)21-12-8-18(9-13-21)16-25(28)27-22-14-10-19(11-15-22)24-17-20-6-4-5-7-23(20)29-24/h4-15,17H,16H2,1-3H3,(H,27,28). The smallest absolute Gasteiger partial charge is 0.228 e. The zero-order chi connectivity index (χ0) is 20.4. The number of hydrogen-bond donors (Lipinski definition) is 1. The van der Waals surface area contributed by atoms with Crippen LogP contribution < -0.4 is 5.32 Å². The van der Waals surface area contributed by atoms with Crippen LogP contribution in [0.4, 0.5) is 5.69 Å². The number of carbonyl (C=O) groups is 1. The highest BCUT2D eigenvalue weighted by atomic mass is 16.3. The van der Waals surface area contributed by atoms with E-state index in [1.807, 2.05) is 66.7 Å². The summed E-state index contributed by atoms with van der Waals surface area (Å²) in [5.74, 6) is 0.799. The van der Waals surface area contributed by atoms with Crippen molar-refractivity contribution in [3.8, 4) is 11.3 Å². The van der Waals surface area contributed by atoms with Gasteiger partial charge in [0.1, 0.15) is 11.3 Å². The van der Waals surface area contributed by atoms with Crippen molar-refractivity contribution in [1.29, 1.82) is 0 Å². The molecular weight excluding hydrogens is 358 g/mol. The lowest BCUT2D eigenvalue weighted by atomic mass is 9.86. The summed E-state index contributed by atoms with van der Waals surface area (Å²) in [7, 11) is 0. The minimum absolute atomic E-state index is 0.0232. The van der Waals surface area contributed by atoms with Crippen molar-refractivity contribution in [2.24, 2.45) is 0 Å². The van der Waals surface area contributed by atoms with Gasteiger partial charge in [0, 0.05) is 16.6 Å². The van der Waals surface area contributed by atoms with E-state index >= 15 is 0 Å². The van der Waals surface area contributed by atoms with Gasteiger partial charge >= 0.3 is 0 Å². The maximum absolute atomic E-state index is 12.4. The Hall–Kier alpha value is -3.33. The number of benzene rings is 3. The molecule has 29 heavy (non-hydrogen) atoms. The third kappa shape index (κ3) is 4.40. The molecule has 0 aliphatic carbocycles. The molecule has 1 heterocycles. The lowest BCUT2D eigenvalue weighted by Crippen LogP contribution is -2.15. The third-order valence-corrected chi connectivity index (χ3v) is 5.06. The van der Waals surface area contributed by atoms with Crippen molar-refractivity contribution in [2.75, 3.05) is 5.32 Å². The number of para-hydroxylation sites is 1. The lowest BCUT2D eigenvalue weighted by Gasteiger charge is -2.19. The molecule has 0 saturated heterocycles. The zero-order valence-corrected chi connectivity index (χ0v) is 17.0. The van der Waals surface area contributed by atoms with Crippen LogP contribution in [0.15, 0.2) is 83.3 Å². The summed E-state index contributed by atoms with van der Waals surface area (Å²) in [6.45, 7) is 6.55. The molecule has 1 aromatic heterocycles. The van der Waals surface area contributed by atoms with E-state index in [9.17, 15) is 4.79 Å². The van der Waals surface area contributed by atoms with Crippen molar-refractivity contribution >= 4 is 22.6 Å². The predicted octanol–water partition coefficient (Wildman–Crippen LogP) is 6.58. The molecule has 3 nitrogen and oxygen atoms in total. The molecule has 0 atom stereocenters. The van der Waals surface area contributed by atoms with Crippen LogP contribution in [0.1, 0.15) is 31.9 Å². The fourth-order valence-electron chi connectivity index (χ4n) is 3.36. The summed E-state index contributed by atoms with van der Waals surface area (Å²) in [6, 6.07) is 26.0. The molecule has 0 aliphatic heterocycles. The van der Waals surface area contributed by atoms with Crippen molar-refractivity contribution in [1.82, 2.24) is 0 Å². The average molecular weight is 383 g/mol. The van der Waals surface area contributed by atoms with Crippen LogP contribution in [0.2, 0.25) is 0 Å². The van der Waals surface area contributed by atoms with Gasteiger partial charge in [0.2, 0.25) is 5.91 Å². The number of rotatable bonds is 4. The molecule has 1 N–H and O–H groups in total. The van der Waals surface area contributed by atoms with E-state index in [-0.39, 0.29) is 11.3 Å². The van der Waals surface area contributed by atoms with Crippen LogP contribution >= 0.6 is 0 Å². The molecule has 3 aromatic carbocycles. The first-order chi connectivity index (χ1) is 13.9. The van der Waals surface area contributed by atoms with E-state index in [1.165, 1.54) is 5.56 Å². The van der Waals surface area contributed by atoms with E-state index in [0.29, 0.717) is 6.42 Å². The van der Waals surface area contributed by atoms with Gasteiger partial charge in [-0.3, -0.25) is 4.79 Å². The van der Waals surface area contributed by atoms with E-state index in [4.69, 9.17) is 4.42 Å². The van der Waals surface area contributed by atoms with Gasteiger partial charge in [-0.2, -0.15) is 0 Å². The second-order valence-electron chi connectivity index (χ2n) is 8.40. The van der Waals surface area contributed by atoms with Crippen LogP contribution in [0, 0.1) is 0 Å².